The third-order valence-corrected chi connectivity index (χ3v) is 13.9. The van der Waals surface area contributed by atoms with Crippen LogP contribution in [0.4, 0.5) is 0 Å². The molecule has 4 heteroatoms. The first-order valence-electron chi connectivity index (χ1n) is 29.6. The number of rotatable bonds is 55. The van der Waals surface area contributed by atoms with Gasteiger partial charge in [0.05, 0.1) is 18.8 Å². The van der Waals surface area contributed by atoms with Crippen molar-refractivity contribution in [2.45, 2.75) is 347 Å². The van der Waals surface area contributed by atoms with Gasteiger partial charge < -0.3 is 15.5 Å². The Hall–Kier alpha value is -1.13. The van der Waals surface area contributed by atoms with E-state index < -0.39 is 12.1 Å². The monoisotopic (exact) mass is 900 g/mol. The molecule has 4 nitrogen and oxygen atoms in total. The quantitative estimate of drug-likeness (QED) is 0.0421. The van der Waals surface area contributed by atoms with E-state index in [0.29, 0.717) is 6.42 Å². The molecule has 0 spiro atoms. The van der Waals surface area contributed by atoms with E-state index in [-0.39, 0.29) is 12.5 Å². The van der Waals surface area contributed by atoms with Crippen molar-refractivity contribution >= 4 is 5.91 Å². The summed E-state index contributed by atoms with van der Waals surface area (Å²) in [6.45, 7) is 4.35. The lowest BCUT2D eigenvalue weighted by Crippen LogP contribution is -2.45. The third-order valence-electron chi connectivity index (χ3n) is 13.9. The molecule has 0 fully saturated rings. The maximum atomic E-state index is 12.5. The fraction of sp³-hybridized carbons (Fsp3) is 0.917. The van der Waals surface area contributed by atoms with Gasteiger partial charge in [0.15, 0.2) is 0 Å². The zero-order valence-electron chi connectivity index (χ0n) is 43.8. The fourth-order valence-electron chi connectivity index (χ4n) is 9.41. The first-order valence-corrected chi connectivity index (χ1v) is 29.6. The van der Waals surface area contributed by atoms with Crippen LogP contribution in [0, 0.1) is 0 Å². The van der Waals surface area contributed by atoms with Crippen LogP contribution in [0.2, 0.25) is 0 Å². The molecule has 0 aliphatic heterocycles. The van der Waals surface area contributed by atoms with Crippen molar-refractivity contribution < 1.29 is 15.0 Å². The van der Waals surface area contributed by atoms with Crippen molar-refractivity contribution in [3.63, 3.8) is 0 Å². The molecule has 0 aliphatic carbocycles. The highest BCUT2D eigenvalue weighted by Crippen LogP contribution is 2.18. The summed E-state index contributed by atoms with van der Waals surface area (Å²) in [5.41, 5.74) is 0. The summed E-state index contributed by atoms with van der Waals surface area (Å²) < 4.78 is 0. The second-order valence-electron chi connectivity index (χ2n) is 20.4. The number of amides is 1. The lowest BCUT2D eigenvalue weighted by atomic mass is 10.0. The molecule has 2 atom stereocenters. The predicted octanol–water partition coefficient (Wildman–Crippen LogP) is 19.5. The highest BCUT2D eigenvalue weighted by molar-refractivity contribution is 5.76. The minimum Gasteiger partial charge on any atom is -0.394 e. The largest absolute Gasteiger partial charge is 0.394 e. The Morgan fingerprint density at radius 3 is 0.859 bits per heavy atom. The third kappa shape index (κ3) is 51.8. The maximum Gasteiger partial charge on any atom is 0.220 e. The molecular weight excluding hydrogens is 783 g/mol. The zero-order chi connectivity index (χ0) is 46.3. The molecule has 380 valence electrons. The van der Waals surface area contributed by atoms with Crippen molar-refractivity contribution in [2.24, 2.45) is 0 Å². The first-order chi connectivity index (χ1) is 31.7. The summed E-state index contributed by atoms with van der Waals surface area (Å²) in [6, 6.07) is -0.621. The van der Waals surface area contributed by atoms with E-state index in [1.807, 2.05) is 6.08 Å². The number of aliphatic hydroxyl groups is 2. The summed E-state index contributed by atoms with van der Waals surface area (Å²) in [5, 5.41) is 23.2. The van der Waals surface area contributed by atoms with Gasteiger partial charge in [0, 0.05) is 6.42 Å². The number of unbranched alkanes of at least 4 members (excludes halogenated alkanes) is 46. The number of allylic oxidation sites excluding steroid dienone is 3. The average molecular weight is 901 g/mol. The standard InChI is InChI=1S/C60H117NO3/c1-3-5-7-9-11-13-15-17-19-21-23-25-27-29-30-32-34-36-38-40-42-44-46-48-50-52-54-56-60(64)61-58(57-62)59(63)55-53-51-49-47-45-43-41-39-37-35-33-31-28-26-24-22-20-18-16-14-12-10-8-6-4-2/h21,23,53,55,58-59,62-63H,3-20,22,24-52,54,56-57H2,1-2H3,(H,61,64)/b23-21-,55-53+. The van der Waals surface area contributed by atoms with Gasteiger partial charge in [-0.3, -0.25) is 4.79 Å². The van der Waals surface area contributed by atoms with E-state index in [1.54, 1.807) is 6.08 Å². The average Bonchev–Trinajstić information content (AvgIpc) is 3.30. The van der Waals surface area contributed by atoms with Crippen LogP contribution in [0.5, 0.6) is 0 Å². The van der Waals surface area contributed by atoms with Crippen LogP contribution in [0.15, 0.2) is 24.3 Å². The Morgan fingerprint density at radius 1 is 0.359 bits per heavy atom. The van der Waals surface area contributed by atoms with Gasteiger partial charge in [-0.05, 0) is 44.9 Å². The van der Waals surface area contributed by atoms with Gasteiger partial charge in [0.1, 0.15) is 0 Å². The molecule has 1 amide bonds. The van der Waals surface area contributed by atoms with Crippen LogP contribution >= 0.6 is 0 Å². The Bertz CT molecular complexity index is 932. The van der Waals surface area contributed by atoms with Gasteiger partial charge >= 0.3 is 0 Å². The predicted molar refractivity (Wildman–Crippen MR) is 286 cm³/mol. The molecule has 3 N–H and O–H groups in total. The second-order valence-corrected chi connectivity index (χ2v) is 20.4. The smallest absolute Gasteiger partial charge is 0.220 e. The van der Waals surface area contributed by atoms with E-state index in [2.05, 4.69) is 31.3 Å². The molecule has 0 radical (unpaired) electrons. The lowest BCUT2D eigenvalue weighted by molar-refractivity contribution is -0.123. The molecule has 0 saturated heterocycles. The Kier molecular flexibility index (Phi) is 55.2. The molecule has 0 rings (SSSR count). The summed E-state index contributed by atoms with van der Waals surface area (Å²) in [5.74, 6) is -0.0574. The fourth-order valence-corrected chi connectivity index (χ4v) is 9.41. The molecule has 0 saturated carbocycles. The molecule has 0 aromatic heterocycles. The Morgan fingerprint density at radius 2 is 0.594 bits per heavy atom. The normalized spacial score (nSPS) is 12.9. The van der Waals surface area contributed by atoms with Crippen molar-refractivity contribution in [1.82, 2.24) is 5.32 Å². The molecule has 0 bridgehead atoms. The number of carbonyl (C=O) groups excluding carboxylic acids is 1. The van der Waals surface area contributed by atoms with E-state index in [4.69, 9.17) is 0 Å². The van der Waals surface area contributed by atoms with Gasteiger partial charge in [-0.25, -0.2) is 0 Å². The van der Waals surface area contributed by atoms with Crippen LogP contribution in [0.1, 0.15) is 335 Å². The minimum atomic E-state index is -0.838. The van der Waals surface area contributed by atoms with Crippen LogP contribution in [-0.2, 0) is 4.79 Å². The van der Waals surface area contributed by atoms with Crippen molar-refractivity contribution in [2.75, 3.05) is 6.61 Å². The second kappa shape index (κ2) is 56.2. The number of nitrogens with one attached hydrogen (secondary N) is 1. The minimum absolute atomic E-state index is 0.0574. The number of hydrogen-bond donors (Lipinski definition) is 3. The summed E-state index contributed by atoms with van der Waals surface area (Å²) in [7, 11) is 0. The Labute approximate surface area is 402 Å². The van der Waals surface area contributed by atoms with Gasteiger partial charge in [-0.15, -0.1) is 0 Å². The molecular formula is C60H117NO3. The van der Waals surface area contributed by atoms with Gasteiger partial charge in [-0.1, -0.05) is 308 Å². The molecule has 2 unspecified atom stereocenters. The molecule has 64 heavy (non-hydrogen) atoms. The molecule has 0 aliphatic rings. The highest BCUT2D eigenvalue weighted by Gasteiger charge is 2.18. The van der Waals surface area contributed by atoms with E-state index >= 15 is 0 Å². The number of carbonyl (C=O) groups is 1. The molecule has 0 heterocycles. The highest BCUT2D eigenvalue weighted by atomic mass is 16.3. The van der Waals surface area contributed by atoms with Gasteiger partial charge in [0.2, 0.25) is 5.91 Å². The number of hydrogen-bond acceptors (Lipinski definition) is 3. The van der Waals surface area contributed by atoms with Gasteiger partial charge in [0.25, 0.3) is 0 Å². The SMILES string of the molecule is CCCCCCCCCC/C=C\CCCCCCCCCCCCCCCCCC(=O)NC(CO)C(O)/C=C/CCCCCCCCCCCCCCCCCCCCCCCCC. The van der Waals surface area contributed by atoms with E-state index in [1.165, 1.54) is 289 Å². The maximum absolute atomic E-state index is 12.5. The van der Waals surface area contributed by atoms with Crippen molar-refractivity contribution in [1.29, 1.82) is 0 Å². The Balaban J connectivity index is 3.45. The van der Waals surface area contributed by atoms with Crippen LogP contribution < -0.4 is 5.32 Å². The van der Waals surface area contributed by atoms with Crippen LogP contribution in [-0.4, -0.2) is 34.9 Å². The zero-order valence-corrected chi connectivity index (χ0v) is 43.8. The van der Waals surface area contributed by atoms with E-state index in [9.17, 15) is 15.0 Å². The number of aliphatic hydroxyl groups excluding tert-OH is 2. The molecule has 0 aromatic carbocycles. The lowest BCUT2D eigenvalue weighted by Gasteiger charge is -2.20. The van der Waals surface area contributed by atoms with Gasteiger partial charge in [-0.2, -0.15) is 0 Å². The van der Waals surface area contributed by atoms with Crippen LogP contribution in [0.3, 0.4) is 0 Å². The summed E-state index contributed by atoms with van der Waals surface area (Å²) in [4.78, 5) is 12.5. The van der Waals surface area contributed by atoms with Crippen molar-refractivity contribution in [3.8, 4) is 0 Å². The van der Waals surface area contributed by atoms with Crippen LogP contribution in [0.25, 0.3) is 0 Å². The first kappa shape index (κ1) is 62.9. The topological polar surface area (TPSA) is 69.6 Å². The van der Waals surface area contributed by atoms with E-state index in [0.717, 1.165) is 25.7 Å². The summed E-state index contributed by atoms with van der Waals surface area (Å²) in [6.07, 6.45) is 75.0. The molecule has 0 aromatic rings. The summed E-state index contributed by atoms with van der Waals surface area (Å²) >= 11 is 0. The van der Waals surface area contributed by atoms with Crippen molar-refractivity contribution in [3.05, 3.63) is 24.3 Å².